The Morgan fingerprint density at radius 1 is 1.12 bits per heavy atom. The predicted octanol–water partition coefficient (Wildman–Crippen LogP) is 5.21. The molecule has 3 nitrogen and oxygen atoms in total. The number of unbranched alkanes of at least 4 members (excludes halogenated alkanes) is 1. The Labute approximate surface area is 142 Å². The van der Waals surface area contributed by atoms with Gasteiger partial charge in [-0.15, -0.1) is 0 Å². The number of para-hydroxylation sites is 1. The third kappa shape index (κ3) is 3.07. The SMILES string of the molecule is C=C(C)C(=O)OCc1ccc2c(c1)c1ccccc1n2CCCC. The van der Waals surface area contributed by atoms with Gasteiger partial charge in [-0.2, -0.15) is 0 Å². The molecule has 1 aromatic heterocycles. The van der Waals surface area contributed by atoms with Gasteiger partial charge in [0.2, 0.25) is 0 Å². The zero-order valence-corrected chi connectivity index (χ0v) is 14.3. The molecule has 0 saturated heterocycles. The van der Waals surface area contributed by atoms with Gasteiger partial charge in [0.15, 0.2) is 0 Å². The van der Waals surface area contributed by atoms with Crippen molar-refractivity contribution in [1.29, 1.82) is 0 Å². The van der Waals surface area contributed by atoms with E-state index in [1.165, 1.54) is 28.2 Å². The van der Waals surface area contributed by atoms with E-state index in [1.807, 2.05) is 6.07 Å². The lowest BCUT2D eigenvalue weighted by atomic mass is 10.1. The highest BCUT2D eigenvalue weighted by molar-refractivity contribution is 6.08. The summed E-state index contributed by atoms with van der Waals surface area (Å²) < 4.78 is 7.66. The van der Waals surface area contributed by atoms with Gasteiger partial charge in [-0.25, -0.2) is 4.79 Å². The average Bonchev–Trinajstić information content (AvgIpc) is 2.91. The van der Waals surface area contributed by atoms with Crippen LogP contribution in [0.3, 0.4) is 0 Å². The topological polar surface area (TPSA) is 31.2 Å². The average molecular weight is 321 g/mol. The van der Waals surface area contributed by atoms with Crippen LogP contribution in [0.5, 0.6) is 0 Å². The molecule has 0 N–H and O–H groups in total. The normalized spacial score (nSPS) is 11.1. The van der Waals surface area contributed by atoms with Gasteiger partial charge in [-0.3, -0.25) is 0 Å². The Morgan fingerprint density at radius 3 is 2.62 bits per heavy atom. The van der Waals surface area contributed by atoms with E-state index in [2.05, 4.69) is 54.5 Å². The minimum absolute atomic E-state index is 0.274. The fraction of sp³-hybridized carbons (Fsp3) is 0.286. The molecule has 1 heterocycles. The minimum Gasteiger partial charge on any atom is -0.457 e. The molecule has 2 aromatic carbocycles. The largest absolute Gasteiger partial charge is 0.457 e. The Balaban J connectivity index is 2.01. The standard InChI is InChI=1S/C21H23NO2/c1-4-5-12-22-19-9-7-6-8-17(19)18-13-16(10-11-20(18)22)14-24-21(23)15(2)3/h6-11,13H,2,4-5,12,14H2,1,3H3. The zero-order valence-electron chi connectivity index (χ0n) is 14.3. The summed E-state index contributed by atoms with van der Waals surface area (Å²) in [6.07, 6.45) is 2.33. The van der Waals surface area contributed by atoms with Gasteiger partial charge in [0.1, 0.15) is 6.61 Å². The number of nitrogens with zero attached hydrogens (tertiary/aromatic N) is 1. The molecule has 3 rings (SSSR count). The molecule has 0 bridgehead atoms. The number of aryl methyl sites for hydroxylation is 1. The first kappa shape index (κ1) is 16.3. The number of rotatable bonds is 6. The molecule has 0 fully saturated rings. The summed E-state index contributed by atoms with van der Waals surface area (Å²) in [6.45, 7) is 8.77. The molecule has 0 aliphatic carbocycles. The molecule has 0 amide bonds. The van der Waals surface area contributed by atoms with Gasteiger partial charge in [0.05, 0.1) is 0 Å². The molecule has 0 aliphatic heterocycles. The molecular weight excluding hydrogens is 298 g/mol. The first-order chi connectivity index (χ1) is 11.6. The summed E-state index contributed by atoms with van der Waals surface area (Å²) in [6, 6.07) is 14.8. The van der Waals surface area contributed by atoms with Gasteiger partial charge < -0.3 is 9.30 Å². The number of aromatic nitrogens is 1. The lowest BCUT2D eigenvalue weighted by Gasteiger charge is -2.07. The second-order valence-corrected chi connectivity index (χ2v) is 6.23. The first-order valence-corrected chi connectivity index (χ1v) is 8.44. The predicted molar refractivity (Wildman–Crippen MR) is 99.0 cm³/mol. The van der Waals surface area contributed by atoms with Crippen molar-refractivity contribution in [3.63, 3.8) is 0 Å². The Morgan fingerprint density at radius 2 is 1.88 bits per heavy atom. The van der Waals surface area contributed by atoms with Crippen LogP contribution in [0.1, 0.15) is 32.3 Å². The lowest BCUT2D eigenvalue weighted by Crippen LogP contribution is -2.04. The van der Waals surface area contributed by atoms with Crippen molar-refractivity contribution in [3.8, 4) is 0 Å². The summed E-state index contributed by atoms with van der Waals surface area (Å²) in [5, 5.41) is 2.46. The third-order valence-electron chi connectivity index (χ3n) is 4.29. The maximum absolute atomic E-state index is 11.6. The van der Waals surface area contributed by atoms with Crippen LogP contribution in [-0.2, 0) is 22.7 Å². The van der Waals surface area contributed by atoms with Gasteiger partial charge in [-0.05, 0) is 37.1 Å². The highest BCUT2D eigenvalue weighted by atomic mass is 16.5. The molecule has 0 aliphatic rings. The summed E-state index contributed by atoms with van der Waals surface area (Å²) in [4.78, 5) is 11.6. The number of carbonyl (C=O) groups excluding carboxylic acids is 1. The van der Waals surface area contributed by atoms with Gasteiger partial charge in [0.25, 0.3) is 0 Å². The third-order valence-corrected chi connectivity index (χ3v) is 4.29. The minimum atomic E-state index is -0.347. The van der Waals surface area contributed by atoms with Crippen molar-refractivity contribution in [2.45, 2.75) is 39.8 Å². The molecule has 3 aromatic rings. The highest BCUT2D eigenvalue weighted by Gasteiger charge is 2.11. The number of ether oxygens (including phenoxy) is 1. The molecule has 3 heteroatoms. The van der Waals surface area contributed by atoms with Crippen LogP contribution in [0.25, 0.3) is 21.8 Å². The monoisotopic (exact) mass is 321 g/mol. The molecule has 124 valence electrons. The van der Waals surface area contributed by atoms with Crippen LogP contribution in [-0.4, -0.2) is 10.5 Å². The molecule has 0 spiro atoms. The van der Waals surface area contributed by atoms with E-state index in [-0.39, 0.29) is 12.6 Å². The number of hydrogen-bond acceptors (Lipinski definition) is 2. The smallest absolute Gasteiger partial charge is 0.333 e. The molecular formula is C21H23NO2. The number of carbonyl (C=O) groups is 1. The van der Waals surface area contributed by atoms with Crippen molar-refractivity contribution in [2.75, 3.05) is 0 Å². The van der Waals surface area contributed by atoms with E-state index in [9.17, 15) is 4.79 Å². The molecule has 24 heavy (non-hydrogen) atoms. The Bertz CT molecular complexity index is 905. The van der Waals surface area contributed by atoms with E-state index in [0.717, 1.165) is 18.5 Å². The van der Waals surface area contributed by atoms with Crippen LogP contribution in [0.2, 0.25) is 0 Å². The van der Waals surface area contributed by atoms with Crippen molar-refractivity contribution in [3.05, 3.63) is 60.2 Å². The van der Waals surface area contributed by atoms with Crippen molar-refractivity contribution in [1.82, 2.24) is 4.57 Å². The fourth-order valence-corrected chi connectivity index (χ4v) is 3.02. The first-order valence-electron chi connectivity index (χ1n) is 8.44. The van der Waals surface area contributed by atoms with Crippen LogP contribution in [0.4, 0.5) is 0 Å². The molecule has 0 radical (unpaired) electrons. The van der Waals surface area contributed by atoms with Crippen LogP contribution >= 0.6 is 0 Å². The number of hydrogen-bond donors (Lipinski definition) is 0. The highest BCUT2D eigenvalue weighted by Crippen LogP contribution is 2.30. The van der Waals surface area contributed by atoms with E-state index in [1.54, 1.807) is 6.92 Å². The van der Waals surface area contributed by atoms with Crippen LogP contribution in [0, 0.1) is 0 Å². The summed E-state index contributed by atoms with van der Waals surface area (Å²) in [5.41, 5.74) is 3.92. The number of fused-ring (bicyclic) bond motifs is 3. The molecule has 0 unspecified atom stereocenters. The van der Waals surface area contributed by atoms with Gasteiger partial charge >= 0.3 is 5.97 Å². The molecule has 0 atom stereocenters. The Kier molecular flexibility index (Phi) is 4.70. The molecule has 0 saturated carbocycles. The maximum Gasteiger partial charge on any atom is 0.333 e. The van der Waals surface area contributed by atoms with E-state index in [4.69, 9.17) is 4.74 Å². The van der Waals surface area contributed by atoms with Crippen molar-refractivity contribution < 1.29 is 9.53 Å². The second kappa shape index (κ2) is 6.91. The Hall–Kier alpha value is -2.55. The van der Waals surface area contributed by atoms with E-state index in [0.29, 0.717) is 5.57 Å². The zero-order chi connectivity index (χ0) is 17.1. The van der Waals surface area contributed by atoms with E-state index >= 15 is 0 Å². The summed E-state index contributed by atoms with van der Waals surface area (Å²) in [5.74, 6) is -0.347. The number of esters is 1. The second-order valence-electron chi connectivity index (χ2n) is 6.23. The summed E-state index contributed by atoms with van der Waals surface area (Å²) in [7, 11) is 0. The van der Waals surface area contributed by atoms with E-state index < -0.39 is 0 Å². The lowest BCUT2D eigenvalue weighted by molar-refractivity contribution is -0.140. The summed E-state index contributed by atoms with van der Waals surface area (Å²) >= 11 is 0. The quantitative estimate of drug-likeness (QED) is 0.461. The fourth-order valence-electron chi connectivity index (χ4n) is 3.02. The van der Waals surface area contributed by atoms with Gasteiger partial charge in [0, 0.05) is 33.9 Å². The van der Waals surface area contributed by atoms with Crippen molar-refractivity contribution >= 4 is 27.8 Å². The number of benzene rings is 2. The van der Waals surface area contributed by atoms with Crippen LogP contribution < -0.4 is 0 Å². The van der Waals surface area contributed by atoms with Gasteiger partial charge in [-0.1, -0.05) is 44.2 Å². The van der Waals surface area contributed by atoms with Crippen molar-refractivity contribution in [2.24, 2.45) is 0 Å². The maximum atomic E-state index is 11.6. The van der Waals surface area contributed by atoms with Crippen LogP contribution in [0.15, 0.2) is 54.6 Å².